The highest BCUT2D eigenvalue weighted by Gasteiger charge is 2.20. The van der Waals surface area contributed by atoms with Crippen LogP contribution in [-0.4, -0.2) is 11.7 Å². The van der Waals surface area contributed by atoms with Crippen molar-refractivity contribution in [1.29, 1.82) is 0 Å². The molecule has 0 atom stereocenters. The second kappa shape index (κ2) is 9.30. The van der Waals surface area contributed by atoms with Gasteiger partial charge < -0.3 is 5.32 Å². The molecule has 0 fully saturated rings. The Kier molecular flexibility index (Phi) is 6.80. The number of Topliss-reactive ketones (excluding diaryl/α,β-unsaturated/α-hetero) is 1. The summed E-state index contributed by atoms with van der Waals surface area (Å²) in [6, 6.07) is 22.1. The first-order valence-corrected chi connectivity index (χ1v) is 10.4. The highest BCUT2D eigenvalue weighted by molar-refractivity contribution is 14.1. The molecule has 0 spiro atoms. The molecule has 0 radical (unpaired) electrons. The second-order valence-electron chi connectivity index (χ2n) is 6.27. The molecule has 28 heavy (non-hydrogen) atoms. The van der Waals surface area contributed by atoms with Crippen LogP contribution in [0.5, 0.6) is 0 Å². The zero-order valence-corrected chi connectivity index (χ0v) is 18.8. The number of nitrogens with one attached hydrogen (secondary N) is 1. The Labute approximate surface area is 186 Å². The number of hydrogen-bond donors (Lipinski definition) is 1. The van der Waals surface area contributed by atoms with E-state index in [0.717, 1.165) is 19.2 Å². The van der Waals surface area contributed by atoms with Crippen molar-refractivity contribution >= 4 is 62.0 Å². The maximum atomic E-state index is 13.1. The average Bonchev–Trinajstić information content (AvgIpc) is 2.69. The lowest BCUT2D eigenvalue weighted by atomic mass is 9.99. The number of carbonyl (C=O) groups excluding carboxylic acids is 2. The van der Waals surface area contributed by atoms with Crippen LogP contribution in [0.15, 0.2) is 82.8 Å². The Morgan fingerprint density at radius 1 is 0.893 bits per heavy atom. The number of anilines is 1. The summed E-state index contributed by atoms with van der Waals surface area (Å²) >= 11 is 5.60. The molecule has 0 aliphatic carbocycles. The van der Waals surface area contributed by atoms with E-state index >= 15 is 0 Å². The number of ketones is 1. The molecule has 3 rings (SSSR count). The molecule has 0 aliphatic rings. The predicted octanol–water partition coefficient (Wildman–Crippen LogP) is 6.27. The smallest absolute Gasteiger partial charge is 0.259 e. The fraction of sp³-hybridized carbons (Fsp3) is 0.0435. The highest BCUT2D eigenvalue weighted by Crippen LogP contribution is 2.19. The van der Waals surface area contributed by atoms with Crippen LogP contribution in [-0.2, 0) is 4.79 Å². The lowest BCUT2D eigenvalue weighted by molar-refractivity contribution is -0.112. The molecule has 0 aromatic heterocycles. The molecular formula is C23H17BrINO2. The lowest BCUT2D eigenvalue weighted by Crippen LogP contribution is -2.20. The molecule has 0 unspecified atom stereocenters. The van der Waals surface area contributed by atoms with E-state index in [4.69, 9.17) is 0 Å². The SMILES string of the molecule is Cc1ccc(C(=O)C(=Cc2ccc(Br)cc2)C(=O)Nc2ccc(I)cc2)cc1. The number of aryl methyl sites for hydroxylation is 1. The molecule has 1 N–H and O–H groups in total. The molecule has 3 aromatic carbocycles. The third-order valence-electron chi connectivity index (χ3n) is 4.09. The molecule has 3 nitrogen and oxygen atoms in total. The molecule has 0 heterocycles. The zero-order chi connectivity index (χ0) is 20.1. The van der Waals surface area contributed by atoms with Crippen LogP contribution in [0.3, 0.4) is 0 Å². The molecule has 1 amide bonds. The normalized spacial score (nSPS) is 11.2. The van der Waals surface area contributed by atoms with Gasteiger partial charge in [-0.25, -0.2) is 0 Å². The van der Waals surface area contributed by atoms with Gasteiger partial charge in [0.15, 0.2) is 5.78 Å². The van der Waals surface area contributed by atoms with Gasteiger partial charge in [0.1, 0.15) is 0 Å². The molecule has 0 saturated carbocycles. The van der Waals surface area contributed by atoms with Crippen LogP contribution >= 0.6 is 38.5 Å². The summed E-state index contributed by atoms with van der Waals surface area (Å²) < 4.78 is 2.00. The molecule has 0 aliphatic heterocycles. The van der Waals surface area contributed by atoms with E-state index < -0.39 is 5.91 Å². The quantitative estimate of drug-likeness (QED) is 0.135. The molecular weight excluding hydrogens is 529 g/mol. The van der Waals surface area contributed by atoms with Crippen molar-refractivity contribution in [3.8, 4) is 0 Å². The van der Waals surface area contributed by atoms with Crippen molar-refractivity contribution in [2.45, 2.75) is 6.92 Å². The van der Waals surface area contributed by atoms with E-state index in [1.807, 2.05) is 67.6 Å². The average molecular weight is 546 g/mol. The van der Waals surface area contributed by atoms with E-state index in [2.05, 4.69) is 43.8 Å². The number of carbonyl (C=O) groups is 2. The number of hydrogen-bond acceptors (Lipinski definition) is 2. The molecule has 140 valence electrons. The minimum absolute atomic E-state index is 0.0877. The fourth-order valence-electron chi connectivity index (χ4n) is 2.55. The van der Waals surface area contributed by atoms with Crippen molar-refractivity contribution in [1.82, 2.24) is 0 Å². The summed E-state index contributed by atoms with van der Waals surface area (Å²) in [6.45, 7) is 1.95. The van der Waals surface area contributed by atoms with Gasteiger partial charge in [0.2, 0.25) is 0 Å². The van der Waals surface area contributed by atoms with E-state index in [-0.39, 0.29) is 11.4 Å². The molecule has 5 heteroatoms. The van der Waals surface area contributed by atoms with E-state index in [0.29, 0.717) is 11.3 Å². The summed E-state index contributed by atoms with van der Waals surface area (Å²) in [4.78, 5) is 26.0. The maximum absolute atomic E-state index is 13.1. The zero-order valence-electron chi connectivity index (χ0n) is 15.1. The van der Waals surface area contributed by atoms with Crippen LogP contribution in [0.1, 0.15) is 21.5 Å². The first kappa shape index (κ1) is 20.5. The Hall–Kier alpha value is -2.25. The van der Waals surface area contributed by atoms with Gasteiger partial charge in [-0.2, -0.15) is 0 Å². The minimum atomic E-state index is -0.435. The van der Waals surface area contributed by atoms with Crippen molar-refractivity contribution in [3.63, 3.8) is 0 Å². The van der Waals surface area contributed by atoms with Gasteiger partial charge in [-0.1, -0.05) is 57.9 Å². The summed E-state index contributed by atoms with van der Waals surface area (Å²) in [5.41, 5.74) is 3.04. The number of halogens is 2. The van der Waals surface area contributed by atoms with Gasteiger partial charge in [0, 0.05) is 19.3 Å². The largest absolute Gasteiger partial charge is 0.322 e. The van der Waals surface area contributed by atoms with E-state index in [1.165, 1.54) is 0 Å². The Bertz CT molecular complexity index is 1020. The van der Waals surface area contributed by atoms with E-state index in [1.54, 1.807) is 18.2 Å². The first-order valence-electron chi connectivity index (χ1n) is 8.58. The second-order valence-corrected chi connectivity index (χ2v) is 8.43. The number of amides is 1. The van der Waals surface area contributed by atoms with E-state index in [9.17, 15) is 9.59 Å². The van der Waals surface area contributed by atoms with Gasteiger partial charge in [0.25, 0.3) is 5.91 Å². The summed E-state index contributed by atoms with van der Waals surface area (Å²) in [7, 11) is 0. The summed E-state index contributed by atoms with van der Waals surface area (Å²) in [5.74, 6) is -0.749. The van der Waals surface area contributed by atoms with Crippen LogP contribution in [0, 0.1) is 10.5 Å². The van der Waals surface area contributed by atoms with Crippen molar-refractivity contribution in [2.75, 3.05) is 5.32 Å². The predicted molar refractivity (Wildman–Crippen MR) is 125 cm³/mol. The summed E-state index contributed by atoms with van der Waals surface area (Å²) in [6.07, 6.45) is 1.62. The van der Waals surface area contributed by atoms with Crippen molar-refractivity contribution < 1.29 is 9.59 Å². The molecule has 0 bridgehead atoms. The van der Waals surface area contributed by atoms with Gasteiger partial charge >= 0.3 is 0 Å². The minimum Gasteiger partial charge on any atom is -0.322 e. The van der Waals surface area contributed by atoms with Gasteiger partial charge in [-0.3, -0.25) is 9.59 Å². The Balaban J connectivity index is 1.96. The monoisotopic (exact) mass is 545 g/mol. The highest BCUT2D eigenvalue weighted by atomic mass is 127. The molecule has 3 aromatic rings. The number of rotatable bonds is 5. The van der Waals surface area contributed by atoms with Crippen LogP contribution < -0.4 is 5.32 Å². The maximum Gasteiger partial charge on any atom is 0.259 e. The van der Waals surface area contributed by atoms with Crippen molar-refractivity contribution in [2.24, 2.45) is 0 Å². The Morgan fingerprint density at radius 2 is 1.50 bits per heavy atom. The van der Waals surface area contributed by atoms with Crippen LogP contribution in [0.2, 0.25) is 0 Å². The fourth-order valence-corrected chi connectivity index (χ4v) is 3.18. The molecule has 0 saturated heterocycles. The summed E-state index contributed by atoms with van der Waals surface area (Å²) in [5, 5.41) is 2.82. The third-order valence-corrected chi connectivity index (χ3v) is 5.33. The Morgan fingerprint density at radius 3 is 2.11 bits per heavy atom. The van der Waals surface area contributed by atoms with Gasteiger partial charge in [-0.15, -0.1) is 0 Å². The first-order chi connectivity index (χ1) is 13.4. The topological polar surface area (TPSA) is 46.2 Å². The number of benzene rings is 3. The standard InChI is InChI=1S/C23H17BrINO2/c1-15-2-6-17(7-3-15)22(27)21(14-16-4-8-18(24)9-5-16)23(28)26-20-12-10-19(25)11-13-20/h2-14H,1H3,(H,26,28). The van der Waals surface area contributed by atoms with Crippen LogP contribution in [0.4, 0.5) is 5.69 Å². The third kappa shape index (κ3) is 5.39. The van der Waals surface area contributed by atoms with Crippen molar-refractivity contribution in [3.05, 3.63) is 103 Å². The van der Waals surface area contributed by atoms with Crippen LogP contribution in [0.25, 0.3) is 6.08 Å². The van der Waals surface area contributed by atoms with Gasteiger partial charge in [-0.05, 0) is 77.6 Å². The van der Waals surface area contributed by atoms with Gasteiger partial charge in [0.05, 0.1) is 5.57 Å². The lowest BCUT2D eigenvalue weighted by Gasteiger charge is -2.10.